The lowest BCUT2D eigenvalue weighted by atomic mass is 10.1. The van der Waals surface area contributed by atoms with Crippen LogP contribution in [-0.2, 0) is 16.6 Å². The van der Waals surface area contributed by atoms with Crippen molar-refractivity contribution in [3.63, 3.8) is 0 Å². The van der Waals surface area contributed by atoms with Crippen LogP contribution in [0.4, 0.5) is 10.1 Å². The molecular weight excluding hydrogens is 443 g/mol. The van der Waals surface area contributed by atoms with Gasteiger partial charge in [0, 0.05) is 30.2 Å². The highest BCUT2D eigenvalue weighted by Crippen LogP contribution is 2.18. The van der Waals surface area contributed by atoms with Crippen molar-refractivity contribution in [1.82, 2.24) is 14.9 Å². The first-order valence-corrected chi connectivity index (χ1v) is 11.5. The number of hydrogen-bond acceptors (Lipinski definition) is 4. The number of sulfonamides is 1. The molecule has 33 heavy (non-hydrogen) atoms. The maximum atomic E-state index is 14.4. The molecule has 0 saturated heterocycles. The predicted molar refractivity (Wildman–Crippen MR) is 123 cm³/mol. The molecule has 1 heterocycles. The third kappa shape index (κ3) is 5.27. The van der Waals surface area contributed by atoms with E-state index in [0.29, 0.717) is 16.9 Å². The van der Waals surface area contributed by atoms with Gasteiger partial charge >= 0.3 is 0 Å². The Morgan fingerprint density at radius 1 is 1.06 bits per heavy atom. The molecular formula is C24H21FN4O3S. The topological polar surface area (TPSA) is 93.1 Å². The number of benzene rings is 3. The van der Waals surface area contributed by atoms with Crippen molar-refractivity contribution in [2.45, 2.75) is 18.4 Å². The van der Waals surface area contributed by atoms with E-state index in [1.165, 1.54) is 36.7 Å². The fourth-order valence-electron chi connectivity index (χ4n) is 3.20. The van der Waals surface area contributed by atoms with Crippen LogP contribution in [0.5, 0.6) is 0 Å². The minimum Gasteiger partial charge on any atom is -0.348 e. The number of rotatable bonds is 7. The molecule has 7 nitrogen and oxygen atoms in total. The van der Waals surface area contributed by atoms with Crippen molar-refractivity contribution in [2.75, 3.05) is 4.72 Å². The first-order chi connectivity index (χ1) is 15.8. The normalized spacial score (nSPS) is 11.2. The molecule has 2 N–H and O–H groups in total. The van der Waals surface area contributed by atoms with E-state index >= 15 is 0 Å². The van der Waals surface area contributed by atoms with Crippen molar-refractivity contribution >= 4 is 21.6 Å². The average molecular weight is 465 g/mol. The van der Waals surface area contributed by atoms with Gasteiger partial charge < -0.3 is 9.88 Å². The second-order valence-corrected chi connectivity index (χ2v) is 9.12. The third-order valence-electron chi connectivity index (χ3n) is 4.96. The zero-order valence-corrected chi connectivity index (χ0v) is 18.5. The lowest BCUT2D eigenvalue weighted by Gasteiger charge is -2.11. The molecule has 0 radical (unpaired) electrons. The van der Waals surface area contributed by atoms with Crippen LogP contribution in [0.15, 0.2) is 90.3 Å². The van der Waals surface area contributed by atoms with Crippen LogP contribution >= 0.6 is 0 Å². The van der Waals surface area contributed by atoms with Gasteiger partial charge in [-0.3, -0.25) is 9.52 Å². The Balaban J connectivity index is 1.44. The van der Waals surface area contributed by atoms with Crippen LogP contribution < -0.4 is 10.0 Å². The summed E-state index contributed by atoms with van der Waals surface area (Å²) in [5.41, 5.74) is 2.53. The zero-order valence-electron chi connectivity index (χ0n) is 17.7. The number of nitrogens with zero attached hydrogens (tertiary/aromatic N) is 2. The molecule has 0 atom stereocenters. The maximum absolute atomic E-state index is 14.4. The molecule has 168 valence electrons. The molecule has 0 aliphatic carbocycles. The number of imidazole rings is 1. The summed E-state index contributed by atoms with van der Waals surface area (Å²) >= 11 is 0. The smallest absolute Gasteiger partial charge is 0.261 e. The summed E-state index contributed by atoms with van der Waals surface area (Å²) in [7, 11) is -3.87. The van der Waals surface area contributed by atoms with Gasteiger partial charge in [-0.05, 0) is 55.0 Å². The summed E-state index contributed by atoms with van der Waals surface area (Å²) in [6.07, 6.45) is 4.68. The summed E-state index contributed by atoms with van der Waals surface area (Å²) in [5.74, 6) is -0.920. The lowest BCUT2D eigenvalue weighted by Crippen LogP contribution is -2.23. The van der Waals surface area contributed by atoms with Crippen LogP contribution in [0.1, 0.15) is 21.5 Å². The predicted octanol–water partition coefficient (Wildman–Crippen LogP) is 4.05. The van der Waals surface area contributed by atoms with Crippen molar-refractivity contribution < 1.29 is 17.6 Å². The molecule has 4 aromatic rings. The maximum Gasteiger partial charge on any atom is 0.261 e. The standard InChI is InChI=1S/C24H21FN4O3S/c1-17-5-8-20(9-6-17)28-33(31,32)21-4-2-3-19(14-21)24(30)27-15-18-7-10-23(22(25)13-18)29-12-11-26-16-29/h2-14,16,28H,15H2,1H3,(H,27,30). The van der Waals surface area contributed by atoms with Crippen molar-refractivity contribution in [3.05, 3.63) is 108 Å². The highest BCUT2D eigenvalue weighted by atomic mass is 32.2. The van der Waals surface area contributed by atoms with Crippen LogP contribution in [0.3, 0.4) is 0 Å². The van der Waals surface area contributed by atoms with E-state index in [4.69, 9.17) is 0 Å². The molecule has 0 fully saturated rings. The molecule has 1 amide bonds. The molecule has 0 saturated carbocycles. The Morgan fingerprint density at radius 2 is 1.85 bits per heavy atom. The monoisotopic (exact) mass is 464 g/mol. The van der Waals surface area contributed by atoms with E-state index < -0.39 is 21.7 Å². The van der Waals surface area contributed by atoms with E-state index in [1.54, 1.807) is 53.4 Å². The molecule has 0 aliphatic rings. The number of aromatic nitrogens is 2. The molecule has 1 aromatic heterocycles. The number of hydrogen-bond donors (Lipinski definition) is 2. The number of carbonyl (C=O) groups excluding carboxylic acids is 1. The van der Waals surface area contributed by atoms with E-state index in [1.807, 2.05) is 6.92 Å². The molecule has 3 aromatic carbocycles. The van der Waals surface area contributed by atoms with Crippen molar-refractivity contribution in [1.29, 1.82) is 0 Å². The summed E-state index contributed by atoms with van der Waals surface area (Å²) in [6.45, 7) is 1.99. The van der Waals surface area contributed by atoms with Crippen LogP contribution in [0, 0.1) is 12.7 Å². The second kappa shape index (κ2) is 9.25. The van der Waals surface area contributed by atoms with Crippen LogP contribution in [0.25, 0.3) is 5.69 Å². The highest BCUT2D eigenvalue weighted by molar-refractivity contribution is 7.92. The Bertz CT molecular complexity index is 1390. The Labute approximate surface area is 191 Å². The lowest BCUT2D eigenvalue weighted by molar-refractivity contribution is 0.0950. The number of aryl methyl sites for hydroxylation is 1. The summed E-state index contributed by atoms with van der Waals surface area (Å²) < 4.78 is 43.9. The highest BCUT2D eigenvalue weighted by Gasteiger charge is 2.17. The van der Waals surface area contributed by atoms with E-state index in [2.05, 4.69) is 15.0 Å². The molecule has 0 bridgehead atoms. The number of nitrogens with one attached hydrogen (secondary N) is 2. The molecule has 0 unspecified atom stereocenters. The zero-order chi connectivity index (χ0) is 23.4. The van der Waals surface area contributed by atoms with Crippen molar-refractivity contribution in [2.24, 2.45) is 0 Å². The molecule has 4 rings (SSSR count). The SMILES string of the molecule is Cc1ccc(NS(=O)(=O)c2cccc(C(=O)NCc3ccc(-n4ccnc4)c(F)c3)c2)cc1. The van der Waals surface area contributed by atoms with E-state index in [-0.39, 0.29) is 17.0 Å². The van der Waals surface area contributed by atoms with Gasteiger partial charge in [0.2, 0.25) is 0 Å². The van der Waals surface area contributed by atoms with Gasteiger partial charge in [0.15, 0.2) is 0 Å². The van der Waals surface area contributed by atoms with Gasteiger partial charge in [-0.25, -0.2) is 17.8 Å². The van der Waals surface area contributed by atoms with Gasteiger partial charge in [-0.15, -0.1) is 0 Å². The Hall–Kier alpha value is -3.98. The van der Waals surface area contributed by atoms with Crippen LogP contribution in [-0.4, -0.2) is 23.9 Å². The molecule has 0 aliphatic heterocycles. The first-order valence-electron chi connectivity index (χ1n) is 10.1. The van der Waals surface area contributed by atoms with Gasteiger partial charge in [-0.1, -0.05) is 29.8 Å². The Morgan fingerprint density at radius 3 is 2.55 bits per heavy atom. The quantitative estimate of drug-likeness (QED) is 0.432. The fraction of sp³-hybridized carbons (Fsp3) is 0.0833. The van der Waals surface area contributed by atoms with Crippen molar-refractivity contribution in [3.8, 4) is 5.69 Å². The first kappa shape index (κ1) is 22.2. The fourth-order valence-corrected chi connectivity index (χ4v) is 4.30. The van der Waals surface area contributed by atoms with E-state index in [0.717, 1.165) is 5.56 Å². The molecule has 9 heteroatoms. The van der Waals surface area contributed by atoms with Crippen LogP contribution in [0.2, 0.25) is 0 Å². The van der Waals surface area contributed by atoms with Gasteiger partial charge in [0.05, 0.1) is 16.9 Å². The molecule has 0 spiro atoms. The summed E-state index contributed by atoms with van der Waals surface area (Å²) in [4.78, 5) is 16.5. The van der Waals surface area contributed by atoms with E-state index in [9.17, 15) is 17.6 Å². The number of amides is 1. The minimum absolute atomic E-state index is 0.0357. The van der Waals surface area contributed by atoms with Gasteiger partial charge in [0.25, 0.3) is 15.9 Å². The average Bonchev–Trinajstić information content (AvgIpc) is 3.34. The largest absolute Gasteiger partial charge is 0.348 e. The number of anilines is 1. The minimum atomic E-state index is -3.87. The second-order valence-electron chi connectivity index (χ2n) is 7.44. The Kier molecular flexibility index (Phi) is 6.23. The summed E-state index contributed by atoms with van der Waals surface area (Å²) in [5, 5.41) is 2.69. The number of carbonyl (C=O) groups is 1. The summed E-state index contributed by atoms with van der Waals surface area (Å²) in [6, 6.07) is 17.3. The van der Waals surface area contributed by atoms with Gasteiger partial charge in [0.1, 0.15) is 5.82 Å². The third-order valence-corrected chi connectivity index (χ3v) is 6.34. The number of halogens is 1. The van der Waals surface area contributed by atoms with Gasteiger partial charge in [-0.2, -0.15) is 0 Å².